The molecule has 2 aromatic rings. The summed E-state index contributed by atoms with van der Waals surface area (Å²) < 4.78 is 2.76. The number of nitrogens with zero attached hydrogens (tertiary/aromatic N) is 2. The molecule has 5 heteroatoms. The van der Waals surface area contributed by atoms with E-state index < -0.39 is 0 Å². The predicted octanol–water partition coefficient (Wildman–Crippen LogP) is 2.37. The van der Waals surface area contributed by atoms with Gasteiger partial charge in [-0.1, -0.05) is 30.3 Å². The van der Waals surface area contributed by atoms with Crippen LogP contribution in [0, 0.1) is 0 Å². The molecule has 3 N–H and O–H groups in total. The van der Waals surface area contributed by atoms with Crippen molar-refractivity contribution in [1.82, 2.24) is 9.97 Å². The van der Waals surface area contributed by atoms with Crippen LogP contribution in [-0.4, -0.2) is 9.97 Å². The van der Waals surface area contributed by atoms with Crippen LogP contribution in [0.4, 0.5) is 11.6 Å². The highest BCUT2D eigenvalue weighted by molar-refractivity contribution is 9.10. The summed E-state index contributed by atoms with van der Waals surface area (Å²) in [7, 11) is 0. The van der Waals surface area contributed by atoms with Crippen molar-refractivity contribution in [2.75, 3.05) is 10.1 Å². The first-order chi connectivity index (χ1) is 7.79. The van der Waals surface area contributed by atoms with Crippen molar-refractivity contribution < 1.29 is 0 Å². The third kappa shape index (κ3) is 2.49. The van der Waals surface area contributed by atoms with Crippen LogP contribution in [0.3, 0.4) is 0 Å². The fraction of sp³-hybridized carbons (Fsp3) is 0.0909. The van der Waals surface area contributed by atoms with Gasteiger partial charge in [-0.25, -0.2) is 9.97 Å². The monoisotopic (exact) mass is 278 g/mol. The molecule has 0 aliphatic carbocycles. The molecule has 4 nitrogen and oxygen atoms in total. The van der Waals surface area contributed by atoms with E-state index in [1.165, 1.54) is 0 Å². The summed E-state index contributed by atoms with van der Waals surface area (Å²) in [6.07, 6.45) is 2.26. The van der Waals surface area contributed by atoms with E-state index in [4.69, 9.17) is 5.73 Å². The fourth-order valence-electron chi connectivity index (χ4n) is 1.40. The molecule has 0 aliphatic rings. The number of nitrogens with one attached hydrogen (secondary N) is 1. The third-order valence-corrected chi connectivity index (χ3v) is 2.59. The molecule has 0 spiro atoms. The smallest absolute Gasteiger partial charge is 0.154 e. The van der Waals surface area contributed by atoms with Gasteiger partial charge in [-0.3, -0.25) is 0 Å². The molecule has 82 valence electrons. The van der Waals surface area contributed by atoms with Gasteiger partial charge in [-0.05, 0) is 5.56 Å². The van der Waals surface area contributed by atoms with Crippen molar-refractivity contribution in [3.05, 3.63) is 47.8 Å². The number of nitrogens with two attached hydrogens (primary N) is 1. The minimum atomic E-state index is 0.468. The van der Waals surface area contributed by atoms with Gasteiger partial charge in [0, 0.05) is 22.6 Å². The van der Waals surface area contributed by atoms with Crippen LogP contribution < -0.4 is 10.1 Å². The number of nitrogen functional groups attached to an aromatic ring is 1. The van der Waals surface area contributed by atoms with E-state index in [-0.39, 0.29) is 0 Å². The van der Waals surface area contributed by atoms with Crippen LogP contribution in [0.25, 0.3) is 0 Å². The Morgan fingerprint density at radius 2 is 2.00 bits per heavy atom. The highest BCUT2D eigenvalue weighted by Gasteiger charge is 2.05. The lowest BCUT2D eigenvalue weighted by Gasteiger charge is -2.05. The van der Waals surface area contributed by atoms with Gasteiger partial charge in [-0.2, -0.15) is 0 Å². The Bertz CT molecular complexity index is 473. The van der Waals surface area contributed by atoms with E-state index in [2.05, 4.69) is 30.5 Å². The number of benzene rings is 1. The van der Waals surface area contributed by atoms with Crippen molar-refractivity contribution >= 4 is 27.8 Å². The number of rotatable bonds is 3. The van der Waals surface area contributed by atoms with Crippen molar-refractivity contribution in [1.29, 1.82) is 0 Å². The van der Waals surface area contributed by atoms with E-state index in [0.29, 0.717) is 18.1 Å². The lowest BCUT2D eigenvalue weighted by atomic mass is 10.1. The first-order valence-electron chi connectivity index (χ1n) is 4.81. The number of hydrogen-bond acceptors (Lipinski definition) is 4. The second kappa shape index (κ2) is 4.94. The molecule has 1 aromatic heterocycles. The van der Waals surface area contributed by atoms with Crippen LogP contribution in [0.1, 0.15) is 11.3 Å². The molecule has 1 aromatic carbocycles. The molecular weight excluding hydrogens is 268 g/mol. The third-order valence-electron chi connectivity index (χ3n) is 2.19. The predicted molar refractivity (Wildman–Crippen MR) is 68.2 cm³/mol. The van der Waals surface area contributed by atoms with Gasteiger partial charge < -0.3 is 10.1 Å². The van der Waals surface area contributed by atoms with Crippen LogP contribution >= 0.6 is 16.1 Å². The Labute approximate surface area is 102 Å². The lowest BCUT2D eigenvalue weighted by molar-refractivity contribution is 1.05. The molecule has 0 saturated heterocycles. The minimum absolute atomic E-state index is 0.468. The zero-order chi connectivity index (χ0) is 11.4. The molecule has 0 saturated carbocycles. The van der Waals surface area contributed by atoms with Crippen LogP contribution in [0.2, 0.25) is 0 Å². The zero-order valence-corrected chi connectivity index (χ0v) is 10.1. The standard InChI is InChI=1S/C11H11BrN4/c12-16-10-7-14-11(13)9(15-10)6-8-4-2-1-3-5-8/h1-5,7H,6H2,(H2,13,14)(H,15,16). The second-order valence-electron chi connectivity index (χ2n) is 3.34. The van der Waals surface area contributed by atoms with Gasteiger partial charge in [0.25, 0.3) is 0 Å². The number of hydrogen-bond donors (Lipinski definition) is 2. The molecule has 0 amide bonds. The maximum atomic E-state index is 5.78. The first-order valence-corrected chi connectivity index (χ1v) is 5.61. The lowest BCUT2D eigenvalue weighted by Crippen LogP contribution is -2.03. The number of halogens is 1. The Hall–Kier alpha value is -1.62. The fourth-order valence-corrected chi connectivity index (χ4v) is 1.59. The maximum Gasteiger partial charge on any atom is 0.154 e. The molecular formula is C11H11BrN4. The van der Waals surface area contributed by atoms with Gasteiger partial charge in [-0.15, -0.1) is 0 Å². The van der Waals surface area contributed by atoms with Crippen LogP contribution in [0.15, 0.2) is 36.5 Å². The van der Waals surface area contributed by atoms with Crippen molar-refractivity contribution in [2.24, 2.45) is 0 Å². The van der Waals surface area contributed by atoms with E-state index in [1.807, 2.05) is 30.3 Å². The van der Waals surface area contributed by atoms with Crippen LogP contribution in [-0.2, 0) is 6.42 Å². The largest absolute Gasteiger partial charge is 0.382 e. The molecule has 0 unspecified atom stereocenters. The molecule has 0 bridgehead atoms. The van der Waals surface area contributed by atoms with E-state index in [0.717, 1.165) is 11.3 Å². The number of aromatic nitrogens is 2. The molecule has 0 atom stereocenters. The Kier molecular flexibility index (Phi) is 3.36. The van der Waals surface area contributed by atoms with Crippen molar-refractivity contribution in [3.63, 3.8) is 0 Å². The van der Waals surface area contributed by atoms with Gasteiger partial charge in [0.1, 0.15) is 5.82 Å². The quantitative estimate of drug-likeness (QED) is 0.847. The Balaban J connectivity index is 2.27. The highest BCUT2D eigenvalue weighted by Crippen LogP contribution is 2.15. The minimum Gasteiger partial charge on any atom is -0.382 e. The molecule has 1 heterocycles. The Morgan fingerprint density at radius 3 is 2.69 bits per heavy atom. The maximum absolute atomic E-state index is 5.78. The van der Waals surface area contributed by atoms with Gasteiger partial charge in [0.05, 0.1) is 11.9 Å². The van der Waals surface area contributed by atoms with E-state index in [1.54, 1.807) is 6.20 Å². The average Bonchev–Trinajstić information content (AvgIpc) is 2.33. The summed E-state index contributed by atoms with van der Waals surface area (Å²) in [6, 6.07) is 10.0. The summed E-state index contributed by atoms with van der Waals surface area (Å²) in [4.78, 5) is 8.41. The summed E-state index contributed by atoms with van der Waals surface area (Å²) >= 11 is 3.11. The zero-order valence-electron chi connectivity index (χ0n) is 8.52. The summed E-state index contributed by atoms with van der Waals surface area (Å²) in [5.74, 6) is 1.12. The van der Waals surface area contributed by atoms with Gasteiger partial charge >= 0.3 is 0 Å². The summed E-state index contributed by atoms with van der Waals surface area (Å²) in [5.41, 5.74) is 7.71. The van der Waals surface area contributed by atoms with Gasteiger partial charge in [0.15, 0.2) is 5.82 Å². The topological polar surface area (TPSA) is 63.8 Å². The van der Waals surface area contributed by atoms with Crippen molar-refractivity contribution in [3.8, 4) is 0 Å². The SMILES string of the molecule is Nc1ncc(NBr)nc1Cc1ccccc1. The molecule has 0 fully saturated rings. The molecule has 2 rings (SSSR count). The molecule has 0 aliphatic heterocycles. The Morgan fingerprint density at radius 1 is 1.25 bits per heavy atom. The van der Waals surface area contributed by atoms with Crippen molar-refractivity contribution in [2.45, 2.75) is 6.42 Å². The average molecular weight is 279 g/mol. The van der Waals surface area contributed by atoms with Gasteiger partial charge in [0.2, 0.25) is 0 Å². The molecule has 0 radical (unpaired) electrons. The summed E-state index contributed by atoms with van der Waals surface area (Å²) in [5, 5.41) is 0. The highest BCUT2D eigenvalue weighted by atomic mass is 79.9. The summed E-state index contributed by atoms with van der Waals surface area (Å²) in [6.45, 7) is 0. The second-order valence-corrected chi connectivity index (χ2v) is 3.74. The molecule has 16 heavy (non-hydrogen) atoms. The van der Waals surface area contributed by atoms with E-state index >= 15 is 0 Å². The van der Waals surface area contributed by atoms with Crippen LogP contribution in [0.5, 0.6) is 0 Å². The number of anilines is 2. The van der Waals surface area contributed by atoms with E-state index in [9.17, 15) is 0 Å². The first kappa shape index (κ1) is 10.9. The normalized spacial score (nSPS) is 10.1.